The Balaban J connectivity index is 0.00000112. The van der Waals surface area contributed by atoms with Crippen molar-refractivity contribution in [2.24, 2.45) is 0 Å². The molecule has 0 aromatic heterocycles. The molecule has 0 aromatic carbocycles. The molecule has 6 heteroatoms. The number of hydrogen-bond donors (Lipinski definition) is 0. The molecular formula is C9H15BLiNO2S. The monoisotopic (exact) mass is 219 g/mol. The van der Waals surface area contributed by atoms with Gasteiger partial charge >= 0.3 is 26.0 Å². The van der Waals surface area contributed by atoms with Crippen molar-refractivity contribution in [3.8, 4) is 0 Å². The average molecular weight is 219 g/mol. The Morgan fingerprint density at radius 1 is 1.20 bits per heavy atom. The molecular weight excluding hydrogens is 204 g/mol. The normalized spacial score (nSPS) is 31.2. The van der Waals surface area contributed by atoms with Gasteiger partial charge in [-0.05, 0) is 33.0 Å². The van der Waals surface area contributed by atoms with E-state index in [2.05, 4.69) is 33.0 Å². The van der Waals surface area contributed by atoms with Crippen LogP contribution in [0.15, 0.2) is 11.6 Å². The van der Waals surface area contributed by atoms with Gasteiger partial charge < -0.3 is 14.6 Å². The topological polar surface area (TPSA) is 32.6 Å². The van der Waals surface area contributed by atoms with Crippen LogP contribution in [0.2, 0.25) is 0 Å². The fourth-order valence-electron chi connectivity index (χ4n) is 1.41. The average Bonchev–Trinajstić information content (AvgIpc) is 2.58. The molecule has 2 heterocycles. The van der Waals surface area contributed by atoms with Crippen molar-refractivity contribution in [1.29, 1.82) is 0 Å². The molecule has 0 bridgehead atoms. The van der Waals surface area contributed by atoms with Gasteiger partial charge in [-0.2, -0.15) is 18.0 Å². The molecule has 3 nitrogen and oxygen atoms in total. The second-order valence-corrected chi connectivity index (χ2v) is 5.61. The van der Waals surface area contributed by atoms with Crippen LogP contribution in [0.3, 0.4) is 0 Å². The molecule has 0 aromatic rings. The van der Waals surface area contributed by atoms with Crippen molar-refractivity contribution in [2.75, 3.05) is 0 Å². The van der Waals surface area contributed by atoms with Crippen molar-refractivity contribution < 1.29 is 28.2 Å². The van der Waals surface area contributed by atoms with Crippen LogP contribution in [-0.4, -0.2) is 23.6 Å². The molecule has 1 atom stereocenters. The molecule has 2 aliphatic heterocycles. The standard InChI is InChI=1S/C9H15BNO2S.Li/c1-8(2)9(3,4)13-10(12-8)7-11-5-6-14-7;/h5-7H,1-4H3;/q-1;+1. The largest absolute Gasteiger partial charge is 1.00 e. The summed E-state index contributed by atoms with van der Waals surface area (Å²) in [5.41, 5.74) is -0.507. The fraction of sp³-hybridized carbons (Fsp3) is 0.778. The maximum atomic E-state index is 5.87. The molecule has 2 aliphatic rings. The summed E-state index contributed by atoms with van der Waals surface area (Å²) in [7, 11) is -0.222. The first-order valence-corrected chi connectivity index (χ1v) is 5.73. The van der Waals surface area contributed by atoms with Gasteiger partial charge in [0.05, 0.1) is 11.2 Å². The summed E-state index contributed by atoms with van der Waals surface area (Å²) in [5.74, 6) is 0. The van der Waals surface area contributed by atoms with Gasteiger partial charge in [0.1, 0.15) is 0 Å². The van der Waals surface area contributed by atoms with E-state index in [4.69, 9.17) is 9.31 Å². The molecule has 0 amide bonds. The van der Waals surface area contributed by atoms with E-state index in [1.54, 1.807) is 18.0 Å². The second-order valence-electron chi connectivity index (χ2n) is 4.59. The summed E-state index contributed by atoms with van der Waals surface area (Å²) < 4.78 is 11.7. The molecule has 2 rings (SSSR count). The predicted octanol–water partition coefficient (Wildman–Crippen LogP) is -0.460. The fourth-order valence-corrected chi connectivity index (χ4v) is 2.09. The molecule has 15 heavy (non-hydrogen) atoms. The van der Waals surface area contributed by atoms with Crippen molar-refractivity contribution in [3.05, 3.63) is 16.9 Å². The van der Waals surface area contributed by atoms with Gasteiger partial charge in [-0.25, -0.2) is 0 Å². The van der Waals surface area contributed by atoms with E-state index in [1.165, 1.54) is 0 Å². The Bertz CT molecular complexity index is 249. The van der Waals surface area contributed by atoms with Crippen molar-refractivity contribution in [1.82, 2.24) is 0 Å². The van der Waals surface area contributed by atoms with Crippen molar-refractivity contribution >= 4 is 18.9 Å². The van der Waals surface area contributed by atoms with E-state index >= 15 is 0 Å². The van der Waals surface area contributed by atoms with E-state index < -0.39 is 0 Å². The van der Waals surface area contributed by atoms with E-state index in [0.29, 0.717) is 0 Å². The second kappa shape index (κ2) is 4.39. The van der Waals surface area contributed by atoms with Crippen LogP contribution in [0.25, 0.3) is 5.32 Å². The zero-order valence-electron chi connectivity index (χ0n) is 9.98. The van der Waals surface area contributed by atoms with Crippen molar-refractivity contribution in [2.45, 2.75) is 44.2 Å². The number of rotatable bonds is 1. The van der Waals surface area contributed by atoms with E-state index in [1.807, 2.05) is 5.41 Å². The third-order valence-electron chi connectivity index (χ3n) is 3.02. The van der Waals surface area contributed by atoms with Crippen LogP contribution in [0, 0.1) is 0 Å². The van der Waals surface area contributed by atoms with Crippen LogP contribution in [0.1, 0.15) is 27.7 Å². The number of thioether (sulfide) groups is 1. The minimum atomic E-state index is -0.254. The van der Waals surface area contributed by atoms with Gasteiger partial charge in [-0.3, -0.25) is 0 Å². The Morgan fingerprint density at radius 2 is 1.73 bits per heavy atom. The maximum Gasteiger partial charge on any atom is 1.00 e. The zero-order valence-corrected chi connectivity index (χ0v) is 10.8. The minimum absolute atomic E-state index is 0. The smallest absolute Gasteiger partial charge is 0.681 e. The van der Waals surface area contributed by atoms with Crippen LogP contribution < -0.4 is 18.9 Å². The van der Waals surface area contributed by atoms with Crippen LogP contribution in [0.4, 0.5) is 0 Å². The molecule has 0 spiro atoms. The molecule has 0 radical (unpaired) electrons. The predicted molar refractivity (Wildman–Crippen MR) is 60.0 cm³/mol. The van der Waals surface area contributed by atoms with Crippen molar-refractivity contribution in [3.63, 3.8) is 0 Å². The van der Waals surface area contributed by atoms with E-state index in [-0.39, 0.29) is 42.5 Å². The summed E-state index contributed by atoms with van der Waals surface area (Å²) in [5, 5.41) is 6.31. The molecule has 0 N–H and O–H groups in total. The Hall–Kier alpha value is 0.472. The minimum Gasteiger partial charge on any atom is -0.681 e. The number of nitrogens with zero attached hydrogens (tertiary/aromatic N) is 1. The quantitative estimate of drug-likeness (QED) is 0.559. The summed E-state index contributed by atoms with van der Waals surface area (Å²) in [4.78, 5) is 0. The van der Waals surface area contributed by atoms with Gasteiger partial charge in [0.25, 0.3) is 0 Å². The van der Waals surface area contributed by atoms with Gasteiger partial charge in [0, 0.05) is 0 Å². The molecule has 0 saturated carbocycles. The molecule has 78 valence electrons. The van der Waals surface area contributed by atoms with Crippen LogP contribution in [-0.2, 0) is 9.31 Å². The van der Waals surface area contributed by atoms with Gasteiger partial charge in [-0.1, -0.05) is 5.41 Å². The van der Waals surface area contributed by atoms with Gasteiger partial charge in [0.15, 0.2) is 0 Å². The van der Waals surface area contributed by atoms with E-state index in [9.17, 15) is 0 Å². The molecule has 1 unspecified atom stereocenters. The summed E-state index contributed by atoms with van der Waals surface area (Å²) >= 11 is 1.64. The first-order chi connectivity index (χ1) is 6.42. The first kappa shape index (κ1) is 13.5. The Morgan fingerprint density at radius 3 is 2.13 bits per heavy atom. The Kier molecular flexibility index (Phi) is 3.96. The molecule has 1 fully saturated rings. The molecule has 1 saturated heterocycles. The zero-order chi connectivity index (χ0) is 10.4. The third kappa shape index (κ3) is 2.42. The Labute approximate surface area is 108 Å². The maximum absolute atomic E-state index is 5.87. The van der Waals surface area contributed by atoms with Gasteiger partial charge in [-0.15, -0.1) is 0 Å². The SMILES string of the molecule is CC1(C)OB(C2[N-]C=CS2)OC1(C)C.[Li+]. The summed E-state index contributed by atoms with van der Waals surface area (Å²) in [6.45, 7) is 8.22. The first-order valence-electron chi connectivity index (χ1n) is 4.78. The van der Waals surface area contributed by atoms with Crippen LogP contribution >= 0.6 is 11.8 Å². The third-order valence-corrected chi connectivity index (χ3v) is 3.92. The summed E-state index contributed by atoms with van der Waals surface area (Å²) in [6.07, 6.45) is 1.81. The molecule has 0 aliphatic carbocycles. The van der Waals surface area contributed by atoms with Crippen LogP contribution in [0.5, 0.6) is 0 Å². The van der Waals surface area contributed by atoms with Gasteiger partial charge in [0.2, 0.25) is 0 Å². The number of hydrogen-bond acceptors (Lipinski definition) is 3. The summed E-state index contributed by atoms with van der Waals surface area (Å²) in [6, 6.07) is 0. The van der Waals surface area contributed by atoms with E-state index in [0.717, 1.165) is 0 Å².